The van der Waals surface area contributed by atoms with Crippen LogP contribution in [-0.4, -0.2) is 14.1 Å². The fourth-order valence-corrected chi connectivity index (χ4v) is 6.77. The van der Waals surface area contributed by atoms with E-state index in [-0.39, 0.29) is 10.8 Å². The Morgan fingerprint density at radius 1 is 0.541 bits per heavy atom. The summed E-state index contributed by atoms with van der Waals surface area (Å²) in [6.07, 6.45) is 0. The van der Waals surface area contributed by atoms with Crippen LogP contribution >= 0.6 is 0 Å². The van der Waals surface area contributed by atoms with E-state index in [4.69, 9.17) is 0 Å². The number of aromatic amines is 1. The van der Waals surface area contributed by atoms with Crippen molar-refractivity contribution >= 4 is 65.4 Å². The van der Waals surface area contributed by atoms with Crippen LogP contribution in [0.5, 0.6) is 0 Å². The Bertz CT molecular complexity index is 1910. The zero-order valence-electron chi connectivity index (χ0n) is 23.2. The Labute approximate surface area is 217 Å². The van der Waals surface area contributed by atoms with Gasteiger partial charge in [0.2, 0.25) is 0 Å². The second-order valence-electron chi connectivity index (χ2n) is 12.9. The van der Waals surface area contributed by atoms with Crippen molar-refractivity contribution in [1.29, 1.82) is 0 Å². The third-order valence-electron chi connectivity index (χ3n) is 8.48. The maximum Gasteiger partial charge on any atom is 0.0534 e. The molecule has 0 unspecified atom stereocenters. The second kappa shape index (κ2) is 6.98. The zero-order valence-corrected chi connectivity index (χ0v) is 23.2. The number of fused-ring (bicyclic) bond motifs is 11. The molecule has 3 heterocycles. The highest BCUT2D eigenvalue weighted by atomic mass is 15.0. The number of hydrogen-bond acceptors (Lipinski definition) is 0. The fraction of sp³-hybridized carbons (Fsp3) is 0.294. The first-order chi connectivity index (χ1) is 17.5. The van der Waals surface area contributed by atoms with Gasteiger partial charge in [-0.15, -0.1) is 0 Å². The minimum Gasteiger partial charge on any atom is -0.354 e. The monoisotopic (exact) mass is 485 g/mol. The third-order valence-corrected chi connectivity index (χ3v) is 8.48. The highest BCUT2D eigenvalue weighted by molar-refractivity contribution is 6.36. The van der Waals surface area contributed by atoms with Crippen molar-refractivity contribution in [3.63, 3.8) is 0 Å². The van der Waals surface area contributed by atoms with Crippen molar-refractivity contribution in [3.8, 4) is 0 Å². The van der Waals surface area contributed by atoms with Crippen molar-refractivity contribution < 1.29 is 0 Å². The summed E-state index contributed by atoms with van der Waals surface area (Å²) >= 11 is 0. The molecule has 0 bridgehead atoms. The van der Waals surface area contributed by atoms with Gasteiger partial charge in [-0.05, 0) is 46.2 Å². The lowest BCUT2D eigenvalue weighted by atomic mass is 9.83. The summed E-state index contributed by atoms with van der Waals surface area (Å²) in [5.41, 5.74) is 10.5. The number of benzene rings is 4. The molecule has 186 valence electrons. The topological polar surface area (TPSA) is 25.6 Å². The number of nitrogens with zero attached hydrogens (tertiary/aromatic N) is 2. The summed E-state index contributed by atoms with van der Waals surface area (Å²) in [5, 5.41) is 8.07. The molecule has 0 saturated heterocycles. The normalized spacial score (nSPS) is 13.4. The Morgan fingerprint density at radius 3 is 1.30 bits per heavy atom. The summed E-state index contributed by atoms with van der Waals surface area (Å²) in [5.74, 6) is 0. The van der Waals surface area contributed by atoms with Crippen LogP contribution in [0.15, 0.2) is 60.7 Å². The van der Waals surface area contributed by atoms with Crippen LogP contribution in [0, 0.1) is 0 Å². The first-order valence-corrected chi connectivity index (χ1v) is 13.3. The van der Waals surface area contributed by atoms with E-state index in [9.17, 15) is 0 Å². The minimum atomic E-state index is 0.0111. The molecule has 0 aliphatic carbocycles. The number of hydrogen-bond donors (Lipinski definition) is 1. The third kappa shape index (κ3) is 2.83. The van der Waals surface area contributed by atoms with Gasteiger partial charge in [0, 0.05) is 68.5 Å². The molecule has 0 radical (unpaired) electrons. The van der Waals surface area contributed by atoms with Gasteiger partial charge in [0.1, 0.15) is 0 Å². The first kappa shape index (κ1) is 22.5. The van der Waals surface area contributed by atoms with Gasteiger partial charge in [-0.3, -0.25) is 0 Å². The highest BCUT2D eigenvalue weighted by Crippen LogP contribution is 2.48. The van der Waals surface area contributed by atoms with Crippen molar-refractivity contribution in [1.82, 2.24) is 14.1 Å². The lowest BCUT2D eigenvalue weighted by Gasteiger charge is -2.22. The first-order valence-electron chi connectivity index (χ1n) is 13.3. The largest absolute Gasteiger partial charge is 0.354 e. The van der Waals surface area contributed by atoms with Crippen molar-refractivity contribution in [2.45, 2.75) is 52.4 Å². The molecule has 3 aromatic heterocycles. The molecule has 1 N–H and O–H groups in total. The Kier molecular flexibility index (Phi) is 4.24. The van der Waals surface area contributed by atoms with Gasteiger partial charge >= 0.3 is 0 Å². The van der Waals surface area contributed by atoms with E-state index in [0.29, 0.717) is 0 Å². The molecule has 3 nitrogen and oxygen atoms in total. The molecule has 37 heavy (non-hydrogen) atoms. The van der Waals surface area contributed by atoms with Crippen LogP contribution in [0.4, 0.5) is 0 Å². The Morgan fingerprint density at radius 2 is 0.919 bits per heavy atom. The van der Waals surface area contributed by atoms with Gasteiger partial charge in [-0.1, -0.05) is 77.9 Å². The van der Waals surface area contributed by atoms with Crippen molar-refractivity contribution in [2.75, 3.05) is 0 Å². The molecule has 4 aromatic carbocycles. The standard InChI is InChI=1S/C34H35N3/c1-33(2,3)21-17-23-29(27-19-13-9-11-15-25(19)36(7)31(21)27)30-24(35-23)18-22(34(4,5)6)32-28(30)20-14-10-12-16-26(20)37(32)8/h9-18,35H,1-8H3. The fourth-order valence-electron chi connectivity index (χ4n) is 6.77. The molecule has 3 heteroatoms. The van der Waals surface area contributed by atoms with E-state index in [1.54, 1.807) is 0 Å². The molecule has 0 saturated carbocycles. The molecule has 0 fully saturated rings. The average Bonchev–Trinajstić information content (AvgIpc) is 3.45. The number of rotatable bonds is 0. The van der Waals surface area contributed by atoms with Crippen molar-refractivity contribution in [2.24, 2.45) is 14.1 Å². The van der Waals surface area contributed by atoms with E-state index in [1.165, 1.54) is 76.5 Å². The maximum atomic E-state index is 3.92. The quantitative estimate of drug-likeness (QED) is 0.221. The van der Waals surface area contributed by atoms with Crippen LogP contribution in [0.2, 0.25) is 0 Å². The van der Waals surface area contributed by atoms with Gasteiger partial charge in [-0.2, -0.15) is 0 Å². The molecule has 7 rings (SSSR count). The van der Waals surface area contributed by atoms with Gasteiger partial charge < -0.3 is 14.1 Å². The number of aryl methyl sites for hydroxylation is 2. The highest BCUT2D eigenvalue weighted by Gasteiger charge is 2.28. The SMILES string of the molecule is Cn1c2ccccc2c2c3c(cc(C(C)(C)C)c21)[nH]c1cc(C(C)(C)C)c2c(c4ccccc4n2C)c13. The van der Waals surface area contributed by atoms with Gasteiger partial charge in [0.05, 0.1) is 11.0 Å². The lowest BCUT2D eigenvalue weighted by molar-refractivity contribution is 0.593. The van der Waals surface area contributed by atoms with Gasteiger partial charge in [0.25, 0.3) is 0 Å². The molecular weight excluding hydrogens is 450 g/mol. The summed E-state index contributed by atoms with van der Waals surface area (Å²) in [6.45, 7) is 14.0. The summed E-state index contributed by atoms with van der Waals surface area (Å²) in [4.78, 5) is 3.92. The van der Waals surface area contributed by atoms with Gasteiger partial charge in [0.15, 0.2) is 0 Å². The molecule has 7 aromatic rings. The van der Waals surface area contributed by atoms with E-state index in [2.05, 4.69) is 130 Å². The molecule has 0 aliphatic rings. The molecular formula is C34H35N3. The molecule has 0 spiro atoms. The van der Waals surface area contributed by atoms with E-state index < -0.39 is 0 Å². The number of para-hydroxylation sites is 2. The summed E-state index contributed by atoms with van der Waals surface area (Å²) in [7, 11) is 4.46. The van der Waals surface area contributed by atoms with E-state index >= 15 is 0 Å². The second-order valence-corrected chi connectivity index (χ2v) is 12.9. The van der Waals surface area contributed by atoms with Crippen molar-refractivity contribution in [3.05, 3.63) is 71.8 Å². The predicted octanol–water partition coefficient (Wildman–Crippen LogP) is 9.21. The molecule has 0 amide bonds. The van der Waals surface area contributed by atoms with Crippen LogP contribution in [0.25, 0.3) is 65.4 Å². The minimum absolute atomic E-state index is 0.0111. The smallest absolute Gasteiger partial charge is 0.0534 e. The number of H-pyrrole nitrogens is 1. The van der Waals surface area contributed by atoms with E-state index in [1.807, 2.05) is 0 Å². The summed E-state index contributed by atoms with van der Waals surface area (Å²) < 4.78 is 4.82. The van der Waals surface area contributed by atoms with Crippen LogP contribution in [0.3, 0.4) is 0 Å². The number of aromatic nitrogens is 3. The maximum absolute atomic E-state index is 3.92. The van der Waals surface area contributed by atoms with Crippen LogP contribution in [0.1, 0.15) is 52.7 Å². The lowest BCUT2D eigenvalue weighted by Crippen LogP contribution is -2.13. The van der Waals surface area contributed by atoms with Crippen LogP contribution in [-0.2, 0) is 24.9 Å². The Hall–Kier alpha value is -3.72. The summed E-state index contributed by atoms with van der Waals surface area (Å²) in [6, 6.07) is 22.6. The van der Waals surface area contributed by atoms with E-state index in [0.717, 1.165) is 0 Å². The number of nitrogens with one attached hydrogen (secondary N) is 1. The zero-order chi connectivity index (χ0) is 26.0. The predicted molar refractivity (Wildman–Crippen MR) is 161 cm³/mol. The average molecular weight is 486 g/mol. The Balaban J connectivity index is 1.87. The molecule has 0 aliphatic heterocycles. The molecule has 0 atom stereocenters. The van der Waals surface area contributed by atoms with Crippen LogP contribution < -0.4 is 0 Å². The van der Waals surface area contributed by atoms with Gasteiger partial charge in [-0.25, -0.2) is 0 Å².